The van der Waals surface area contributed by atoms with E-state index in [-0.39, 0.29) is 24.5 Å². The number of aromatic nitrogens is 2. The van der Waals surface area contributed by atoms with Crippen molar-refractivity contribution in [3.63, 3.8) is 0 Å². The van der Waals surface area contributed by atoms with Crippen LogP contribution in [0, 0.1) is 5.82 Å². The summed E-state index contributed by atoms with van der Waals surface area (Å²) in [5.74, 6) is -0.0304. The monoisotopic (exact) mass is 505 g/mol. The number of aliphatic hydroxyl groups excluding tert-OH is 1. The highest BCUT2D eigenvalue weighted by Crippen LogP contribution is 2.32. The number of carbonyl (C=O) groups is 1. The number of hydrogen-bond donors (Lipinski definition) is 3. The molecular formula is C27H24FN3O6. The minimum atomic E-state index is -0.658. The van der Waals surface area contributed by atoms with Gasteiger partial charge in [0, 0.05) is 23.4 Å². The zero-order valence-electron chi connectivity index (χ0n) is 19.8. The van der Waals surface area contributed by atoms with Gasteiger partial charge in [0.1, 0.15) is 24.0 Å². The van der Waals surface area contributed by atoms with Gasteiger partial charge >= 0.3 is 6.09 Å². The molecule has 37 heavy (non-hydrogen) atoms. The highest BCUT2D eigenvalue weighted by molar-refractivity contribution is 5.85. The van der Waals surface area contributed by atoms with E-state index in [1.807, 2.05) is 36.4 Å². The average molecular weight is 506 g/mol. The highest BCUT2D eigenvalue weighted by atomic mass is 19.1. The molecule has 2 aliphatic rings. The summed E-state index contributed by atoms with van der Waals surface area (Å²) in [6.07, 6.45) is -2.31. The van der Waals surface area contributed by atoms with Crippen LogP contribution in [0.1, 0.15) is 0 Å². The second-order valence-corrected chi connectivity index (χ2v) is 8.98. The predicted octanol–water partition coefficient (Wildman–Crippen LogP) is 4.12. The van der Waals surface area contributed by atoms with Gasteiger partial charge in [-0.25, -0.2) is 14.2 Å². The lowest BCUT2D eigenvalue weighted by molar-refractivity contribution is 0.00794. The molecule has 0 aliphatic carbocycles. The number of ether oxygens (including phenoxy) is 4. The fourth-order valence-corrected chi connectivity index (χ4v) is 4.72. The van der Waals surface area contributed by atoms with Crippen LogP contribution in [-0.4, -0.2) is 65.9 Å². The maximum absolute atomic E-state index is 15.0. The molecule has 2 fully saturated rings. The largest absolute Gasteiger partial charge is 0.470 e. The number of amides is 1. The van der Waals surface area contributed by atoms with Crippen molar-refractivity contribution in [3.05, 3.63) is 66.5 Å². The smallest absolute Gasteiger partial charge is 0.411 e. The number of aliphatic hydroxyl groups is 1. The Balaban J connectivity index is 1.20. The van der Waals surface area contributed by atoms with Gasteiger partial charge in [-0.3, -0.25) is 5.32 Å². The lowest BCUT2D eigenvalue weighted by Crippen LogP contribution is -2.34. The molecule has 2 aliphatic heterocycles. The quantitative estimate of drug-likeness (QED) is 0.374. The van der Waals surface area contributed by atoms with Crippen molar-refractivity contribution in [1.82, 2.24) is 9.97 Å². The normalized spacial score (nSPS) is 22.7. The van der Waals surface area contributed by atoms with Gasteiger partial charge < -0.3 is 29.0 Å². The van der Waals surface area contributed by atoms with Crippen molar-refractivity contribution in [1.29, 1.82) is 0 Å². The van der Waals surface area contributed by atoms with Crippen LogP contribution in [0.2, 0.25) is 0 Å². The van der Waals surface area contributed by atoms with Crippen molar-refractivity contribution < 1.29 is 33.2 Å². The Bertz CT molecular complexity index is 1440. The number of aromatic amines is 1. The van der Waals surface area contributed by atoms with Crippen LogP contribution < -0.4 is 10.1 Å². The van der Waals surface area contributed by atoms with Gasteiger partial charge in [0.05, 0.1) is 31.4 Å². The number of benzene rings is 2. The Morgan fingerprint density at radius 2 is 1.70 bits per heavy atom. The van der Waals surface area contributed by atoms with Crippen LogP contribution in [0.3, 0.4) is 0 Å². The van der Waals surface area contributed by atoms with E-state index in [0.717, 1.165) is 11.1 Å². The van der Waals surface area contributed by atoms with E-state index < -0.39 is 24.1 Å². The average Bonchev–Trinajstić information content (AvgIpc) is 3.60. The molecule has 0 spiro atoms. The van der Waals surface area contributed by atoms with Gasteiger partial charge in [0.25, 0.3) is 0 Å². The van der Waals surface area contributed by atoms with Crippen LogP contribution in [0.4, 0.5) is 14.9 Å². The summed E-state index contributed by atoms with van der Waals surface area (Å²) in [6, 6.07) is 17.8. The van der Waals surface area contributed by atoms with E-state index in [9.17, 15) is 9.90 Å². The summed E-state index contributed by atoms with van der Waals surface area (Å²) in [4.78, 5) is 18.9. The molecule has 4 heterocycles. The zero-order valence-corrected chi connectivity index (χ0v) is 19.8. The summed E-state index contributed by atoms with van der Waals surface area (Å²) in [6.45, 7) is 0.514. The maximum Gasteiger partial charge on any atom is 0.411 e. The van der Waals surface area contributed by atoms with E-state index in [1.54, 1.807) is 18.2 Å². The molecule has 4 atom stereocenters. The van der Waals surface area contributed by atoms with Crippen molar-refractivity contribution in [2.24, 2.45) is 0 Å². The predicted molar refractivity (Wildman–Crippen MR) is 133 cm³/mol. The molecule has 0 bridgehead atoms. The third-order valence-electron chi connectivity index (χ3n) is 6.60. The summed E-state index contributed by atoms with van der Waals surface area (Å²) in [5, 5.41) is 12.5. The number of H-pyrrole nitrogens is 1. The van der Waals surface area contributed by atoms with Gasteiger partial charge in [-0.1, -0.05) is 36.4 Å². The van der Waals surface area contributed by atoms with Gasteiger partial charge in [-0.2, -0.15) is 0 Å². The number of anilines is 1. The molecule has 3 N–H and O–H groups in total. The number of fused-ring (bicyclic) bond motifs is 2. The van der Waals surface area contributed by atoms with Crippen LogP contribution in [0.5, 0.6) is 5.88 Å². The van der Waals surface area contributed by atoms with Crippen molar-refractivity contribution in [3.8, 4) is 28.3 Å². The maximum atomic E-state index is 15.0. The number of hydrogen-bond acceptors (Lipinski definition) is 7. The molecule has 2 saturated heterocycles. The number of halogens is 1. The number of methoxy groups -OCH3 is 1. The van der Waals surface area contributed by atoms with Crippen molar-refractivity contribution >= 4 is 22.8 Å². The molecule has 2 unspecified atom stereocenters. The van der Waals surface area contributed by atoms with Crippen LogP contribution in [0.25, 0.3) is 33.4 Å². The van der Waals surface area contributed by atoms with Crippen molar-refractivity contribution in [2.45, 2.75) is 24.4 Å². The minimum absolute atomic E-state index is 0.217. The van der Waals surface area contributed by atoms with Crippen molar-refractivity contribution in [2.75, 3.05) is 25.6 Å². The first-order valence-corrected chi connectivity index (χ1v) is 11.8. The summed E-state index contributed by atoms with van der Waals surface area (Å²) in [7, 11) is 1.31. The summed E-state index contributed by atoms with van der Waals surface area (Å²) >= 11 is 0. The van der Waals surface area contributed by atoms with E-state index in [4.69, 9.17) is 14.2 Å². The van der Waals surface area contributed by atoms with Gasteiger partial charge in [0.15, 0.2) is 17.8 Å². The molecule has 10 heteroatoms. The summed E-state index contributed by atoms with van der Waals surface area (Å²) < 4.78 is 36.8. The molecule has 4 aromatic rings. The zero-order chi connectivity index (χ0) is 25.5. The fraction of sp³-hybridized carbons (Fsp3) is 0.259. The Kier molecular flexibility index (Phi) is 5.99. The second-order valence-electron chi connectivity index (χ2n) is 8.98. The molecule has 2 aromatic heterocycles. The first kappa shape index (κ1) is 23.4. The van der Waals surface area contributed by atoms with Crippen LogP contribution >= 0.6 is 0 Å². The Morgan fingerprint density at radius 1 is 1.03 bits per heavy atom. The third kappa shape index (κ3) is 4.50. The Labute approximate surface area is 211 Å². The van der Waals surface area contributed by atoms with E-state index in [0.29, 0.717) is 34.8 Å². The Morgan fingerprint density at radius 3 is 2.43 bits per heavy atom. The minimum Gasteiger partial charge on any atom is -0.470 e. The highest BCUT2D eigenvalue weighted by Gasteiger charge is 2.48. The van der Waals surface area contributed by atoms with Gasteiger partial charge in [-0.15, -0.1) is 0 Å². The number of nitrogens with zero attached hydrogens (tertiary/aromatic N) is 1. The topological polar surface area (TPSA) is 115 Å². The lowest BCUT2D eigenvalue weighted by atomic mass is 10.0. The summed E-state index contributed by atoms with van der Waals surface area (Å²) in [5.41, 5.74) is 4.43. The number of nitrogens with one attached hydrogen (secondary N) is 2. The molecule has 6 rings (SSSR count). The third-order valence-corrected chi connectivity index (χ3v) is 6.60. The van der Waals surface area contributed by atoms with Crippen LogP contribution in [0.15, 0.2) is 60.7 Å². The second kappa shape index (κ2) is 9.47. The van der Waals surface area contributed by atoms with E-state index in [1.165, 1.54) is 13.2 Å². The first-order chi connectivity index (χ1) is 18.0. The van der Waals surface area contributed by atoms with Gasteiger partial charge in [0.2, 0.25) is 0 Å². The van der Waals surface area contributed by atoms with Crippen LogP contribution in [-0.2, 0) is 14.2 Å². The fourth-order valence-electron chi connectivity index (χ4n) is 4.72. The molecular weight excluding hydrogens is 481 g/mol. The first-order valence-electron chi connectivity index (χ1n) is 11.8. The number of carbonyl (C=O) groups excluding carboxylic acids is 1. The standard InChI is InChI=1S/C27H24FN3O6/c1-34-27(33)29-17-8-6-15(7-9-17)14-2-4-16(5-3-14)24-18(28)10-19-20(31-24)11-23(30-19)37-22-13-36-25-21(32)12-35-26(22)25/h2-11,21-22,25-26,30,32H,12-13H2,1H3,(H,29,33)/t21-,22-,25?,26?/m1/s1. The molecule has 0 radical (unpaired) electrons. The van der Waals surface area contributed by atoms with E-state index >= 15 is 4.39 Å². The lowest BCUT2D eigenvalue weighted by Gasteiger charge is -2.16. The Hall–Kier alpha value is -3.99. The number of pyridine rings is 1. The molecule has 9 nitrogen and oxygen atoms in total. The molecule has 0 saturated carbocycles. The molecule has 2 aromatic carbocycles. The molecule has 190 valence electrons. The van der Waals surface area contributed by atoms with Gasteiger partial charge in [-0.05, 0) is 23.3 Å². The molecule has 1 amide bonds. The van der Waals surface area contributed by atoms with E-state index in [2.05, 4.69) is 20.0 Å². The SMILES string of the molecule is COC(=O)Nc1ccc(-c2ccc(-c3nc4cc(O[C@@H]5COC6C5OC[C@H]6O)[nH]c4cc3F)cc2)cc1. The number of rotatable bonds is 5.